The molecule has 0 aliphatic carbocycles. The van der Waals surface area contributed by atoms with Gasteiger partial charge in [-0.1, -0.05) is 29.3 Å². The fraction of sp³-hybridized carbons (Fsp3) is 0.125. The Morgan fingerprint density at radius 3 is 2.60 bits per heavy atom. The predicted octanol–water partition coefficient (Wildman–Crippen LogP) is 3.82. The maximum Gasteiger partial charge on any atom is 0.288 e. The molecule has 0 unspecified atom stereocenters. The van der Waals surface area contributed by atoms with Crippen LogP contribution in [-0.4, -0.2) is 23.1 Å². The molecule has 0 fully saturated rings. The highest BCUT2D eigenvalue weighted by Gasteiger charge is 2.14. The van der Waals surface area contributed by atoms with E-state index in [0.717, 1.165) is 0 Å². The van der Waals surface area contributed by atoms with Gasteiger partial charge in [-0.3, -0.25) is 14.9 Å². The molecule has 25 heavy (non-hydrogen) atoms. The zero-order valence-electron chi connectivity index (χ0n) is 13.0. The number of halogens is 2. The second kappa shape index (κ2) is 8.46. The molecule has 0 saturated heterocycles. The van der Waals surface area contributed by atoms with E-state index in [9.17, 15) is 14.9 Å². The third-order valence-electron chi connectivity index (χ3n) is 3.05. The van der Waals surface area contributed by atoms with Crippen molar-refractivity contribution in [2.24, 2.45) is 5.10 Å². The van der Waals surface area contributed by atoms with Crippen molar-refractivity contribution in [3.63, 3.8) is 0 Å². The standard InChI is InChI=1S/C16H13Cl2N3O4/c1-10(25-13-5-3-12(17)4-6-13)16(22)20-19-9-11-2-7-14(18)15(8-11)21(23)24/h2-10H,1H3,(H,20,22)/b19-9+/t10-/m0/s1. The van der Waals surface area contributed by atoms with Crippen LogP contribution < -0.4 is 10.2 Å². The summed E-state index contributed by atoms with van der Waals surface area (Å²) in [4.78, 5) is 22.2. The summed E-state index contributed by atoms with van der Waals surface area (Å²) in [6, 6.07) is 10.8. The van der Waals surface area contributed by atoms with Gasteiger partial charge in [0.25, 0.3) is 11.6 Å². The first-order chi connectivity index (χ1) is 11.9. The summed E-state index contributed by atoms with van der Waals surface area (Å²) in [5.74, 6) is 0.0130. The zero-order valence-corrected chi connectivity index (χ0v) is 14.5. The Morgan fingerprint density at radius 1 is 1.28 bits per heavy atom. The smallest absolute Gasteiger partial charge is 0.288 e. The fourth-order valence-electron chi connectivity index (χ4n) is 1.78. The maximum atomic E-state index is 11.9. The van der Waals surface area contributed by atoms with Gasteiger partial charge in [0, 0.05) is 16.7 Å². The number of hydrogen-bond donors (Lipinski definition) is 1. The van der Waals surface area contributed by atoms with E-state index in [4.69, 9.17) is 27.9 Å². The summed E-state index contributed by atoms with van der Waals surface area (Å²) in [5.41, 5.74) is 2.48. The van der Waals surface area contributed by atoms with Crippen LogP contribution in [0.4, 0.5) is 5.69 Å². The Balaban J connectivity index is 1.94. The topological polar surface area (TPSA) is 93.8 Å². The Kier molecular flexibility index (Phi) is 6.32. The van der Waals surface area contributed by atoms with Crippen LogP contribution in [0.15, 0.2) is 47.6 Å². The monoisotopic (exact) mass is 381 g/mol. The molecular formula is C16H13Cl2N3O4. The molecule has 9 heteroatoms. The van der Waals surface area contributed by atoms with Crippen molar-refractivity contribution in [3.05, 3.63) is 68.2 Å². The molecule has 1 atom stereocenters. The Labute approximate surface area is 153 Å². The summed E-state index contributed by atoms with van der Waals surface area (Å²) in [6.45, 7) is 1.56. The number of rotatable bonds is 6. The van der Waals surface area contributed by atoms with Crippen LogP contribution in [-0.2, 0) is 4.79 Å². The quantitative estimate of drug-likeness (QED) is 0.467. The molecule has 2 aromatic carbocycles. The van der Waals surface area contributed by atoms with Crippen molar-refractivity contribution in [1.29, 1.82) is 0 Å². The minimum Gasteiger partial charge on any atom is -0.481 e. The van der Waals surface area contributed by atoms with Crippen molar-refractivity contribution in [1.82, 2.24) is 5.43 Å². The minimum atomic E-state index is -0.794. The lowest BCUT2D eigenvalue weighted by atomic mass is 10.2. The van der Waals surface area contributed by atoms with Gasteiger partial charge in [0.2, 0.25) is 0 Å². The summed E-state index contributed by atoms with van der Waals surface area (Å²) < 4.78 is 5.45. The van der Waals surface area contributed by atoms with Gasteiger partial charge in [-0.25, -0.2) is 5.43 Å². The molecule has 0 aromatic heterocycles. The van der Waals surface area contributed by atoms with Crippen LogP contribution in [0, 0.1) is 10.1 Å². The lowest BCUT2D eigenvalue weighted by Crippen LogP contribution is -2.33. The predicted molar refractivity (Wildman–Crippen MR) is 95.4 cm³/mol. The number of nitro groups is 1. The molecule has 0 aliphatic heterocycles. The maximum absolute atomic E-state index is 11.9. The van der Waals surface area contributed by atoms with Gasteiger partial charge in [0.15, 0.2) is 6.10 Å². The van der Waals surface area contributed by atoms with E-state index in [2.05, 4.69) is 10.5 Å². The van der Waals surface area contributed by atoms with E-state index in [1.54, 1.807) is 37.3 Å². The van der Waals surface area contributed by atoms with Gasteiger partial charge >= 0.3 is 0 Å². The zero-order chi connectivity index (χ0) is 18.4. The van der Waals surface area contributed by atoms with Gasteiger partial charge in [0.1, 0.15) is 10.8 Å². The molecule has 2 aromatic rings. The number of hydrazone groups is 1. The van der Waals surface area contributed by atoms with E-state index in [1.165, 1.54) is 18.3 Å². The fourth-order valence-corrected chi connectivity index (χ4v) is 2.09. The molecule has 7 nitrogen and oxygen atoms in total. The molecule has 0 heterocycles. The largest absolute Gasteiger partial charge is 0.481 e. The number of nitro benzene ring substituents is 1. The summed E-state index contributed by atoms with van der Waals surface area (Å²) in [7, 11) is 0. The summed E-state index contributed by atoms with van der Waals surface area (Å²) in [5, 5.41) is 15.2. The van der Waals surface area contributed by atoms with Crippen LogP contribution >= 0.6 is 23.2 Å². The Morgan fingerprint density at radius 2 is 1.96 bits per heavy atom. The van der Waals surface area contributed by atoms with E-state index >= 15 is 0 Å². The molecule has 0 bridgehead atoms. The molecule has 0 aliphatic rings. The number of benzene rings is 2. The molecule has 130 valence electrons. The van der Waals surface area contributed by atoms with Crippen molar-refractivity contribution in [3.8, 4) is 5.75 Å². The van der Waals surface area contributed by atoms with Gasteiger partial charge < -0.3 is 4.74 Å². The number of hydrogen-bond acceptors (Lipinski definition) is 5. The summed E-state index contributed by atoms with van der Waals surface area (Å²) in [6.07, 6.45) is 0.480. The number of amides is 1. The molecule has 1 amide bonds. The van der Waals surface area contributed by atoms with E-state index < -0.39 is 16.9 Å². The van der Waals surface area contributed by atoms with Crippen molar-refractivity contribution in [2.75, 3.05) is 0 Å². The highest BCUT2D eigenvalue weighted by Crippen LogP contribution is 2.24. The van der Waals surface area contributed by atoms with Gasteiger partial charge in [-0.2, -0.15) is 5.10 Å². The third-order valence-corrected chi connectivity index (χ3v) is 3.62. The number of nitrogens with one attached hydrogen (secondary N) is 1. The van der Waals surface area contributed by atoms with Crippen LogP contribution in [0.2, 0.25) is 10.0 Å². The average Bonchev–Trinajstić information content (AvgIpc) is 2.58. The lowest BCUT2D eigenvalue weighted by molar-refractivity contribution is -0.384. The molecule has 0 spiro atoms. The van der Waals surface area contributed by atoms with Crippen LogP contribution in [0.5, 0.6) is 5.75 Å². The van der Waals surface area contributed by atoms with E-state index in [1.807, 2.05) is 0 Å². The highest BCUT2D eigenvalue weighted by molar-refractivity contribution is 6.32. The van der Waals surface area contributed by atoms with Crippen molar-refractivity contribution >= 4 is 41.0 Å². The van der Waals surface area contributed by atoms with E-state index in [0.29, 0.717) is 16.3 Å². The molecule has 0 saturated carbocycles. The average molecular weight is 382 g/mol. The summed E-state index contributed by atoms with van der Waals surface area (Å²) >= 11 is 11.5. The van der Waals surface area contributed by atoms with Crippen LogP contribution in [0.1, 0.15) is 12.5 Å². The number of carbonyl (C=O) groups excluding carboxylic acids is 1. The van der Waals surface area contributed by atoms with Gasteiger partial charge in [-0.15, -0.1) is 0 Å². The minimum absolute atomic E-state index is 0.0242. The second-order valence-corrected chi connectivity index (χ2v) is 5.76. The van der Waals surface area contributed by atoms with Crippen LogP contribution in [0.25, 0.3) is 0 Å². The third kappa shape index (κ3) is 5.44. The lowest BCUT2D eigenvalue weighted by Gasteiger charge is -2.12. The number of carbonyl (C=O) groups is 1. The SMILES string of the molecule is C[C@H](Oc1ccc(Cl)cc1)C(=O)N/N=C/c1ccc(Cl)c([N+](=O)[O-])c1. The number of nitrogens with zero attached hydrogens (tertiary/aromatic N) is 2. The van der Waals surface area contributed by atoms with Gasteiger partial charge in [0.05, 0.1) is 11.1 Å². The molecule has 0 radical (unpaired) electrons. The van der Waals surface area contributed by atoms with Gasteiger partial charge in [-0.05, 0) is 37.3 Å². The molecule has 2 rings (SSSR count). The number of ether oxygens (including phenoxy) is 1. The van der Waals surface area contributed by atoms with E-state index in [-0.39, 0.29) is 10.7 Å². The highest BCUT2D eigenvalue weighted by atomic mass is 35.5. The second-order valence-electron chi connectivity index (χ2n) is 4.92. The Bertz CT molecular complexity index is 810. The Hall–Kier alpha value is -2.64. The normalized spacial score (nSPS) is 12.0. The molecular weight excluding hydrogens is 369 g/mol. The van der Waals surface area contributed by atoms with Crippen LogP contribution in [0.3, 0.4) is 0 Å². The molecule has 1 N–H and O–H groups in total. The first kappa shape index (κ1) is 18.7. The van der Waals surface area contributed by atoms with Crippen molar-refractivity contribution < 1.29 is 14.5 Å². The first-order valence-corrected chi connectivity index (χ1v) is 7.81. The van der Waals surface area contributed by atoms with Crippen molar-refractivity contribution in [2.45, 2.75) is 13.0 Å². The first-order valence-electron chi connectivity index (χ1n) is 7.06.